The third kappa shape index (κ3) is 4.18. The summed E-state index contributed by atoms with van der Waals surface area (Å²) in [5, 5.41) is 13.8. The molecule has 106 valence electrons. The smallest absolute Gasteiger partial charge is 0.150 e. The molecule has 0 saturated carbocycles. The van der Waals surface area contributed by atoms with Gasteiger partial charge in [0.05, 0.1) is 17.6 Å². The van der Waals surface area contributed by atoms with Crippen LogP contribution in [0.4, 0.5) is 0 Å². The van der Waals surface area contributed by atoms with E-state index in [9.17, 15) is 13.5 Å². The van der Waals surface area contributed by atoms with Crippen LogP contribution in [0.3, 0.4) is 0 Å². The lowest BCUT2D eigenvalue weighted by Gasteiger charge is -2.24. The molecular weight excluding hydrogens is 286 g/mol. The van der Waals surface area contributed by atoms with Crippen LogP contribution in [0.2, 0.25) is 5.02 Å². The fourth-order valence-electron chi connectivity index (χ4n) is 2.23. The predicted octanol–water partition coefficient (Wildman–Crippen LogP) is 1.54. The second-order valence-electron chi connectivity index (χ2n) is 4.87. The first-order chi connectivity index (χ1) is 8.98. The summed E-state index contributed by atoms with van der Waals surface area (Å²) >= 11 is 6.01. The van der Waals surface area contributed by atoms with E-state index in [2.05, 4.69) is 5.32 Å². The first kappa shape index (κ1) is 14.8. The van der Waals surface area contributed by atoms with E-state index in [1.165, 1.54) is 0 Å². The van der Waals surface area contributed by atoms with Crippen molar-refractivity contribution >= 4 is 21.4 Å². The number of aliphatic hydroxyl groups excluding tert-OH is 1. The normalized spacial score (nSPS) is 21.2. The lowest BCUT2D eigenvalue weighted by atomic mass is 10.1. The molecule has 6 heteroatoms. The van der Waals surface area contributed by atoms with E-state index in [0.717, 1.165) is 0 Å². The molecule has 19 heavy (non-hydrogen) atoms. The quantitative estimate of drug-likeness (QED) is 0.885. The molecule has 1 heterocycles. The van der Waals surface area contributed by atoms with Crippen LogP contribution in [0.25, 0.3) is 0 Å². The molecule has 1 fully saturated rings. The minimum Gasteiger partial charge on any atom is -0.387 e. The highest BCUT2D eigenvalue weighted by Gasteiger charge is 2.23. The molecule has 0 amide bonds. The summed E-state index contributed by atoms with van der Waals surface area (Å²) in [5.41, 5.74) is 0.695. The summed E-state index contributed by atoms with van der Waals surface area (Å²) in [6.07, 6.45) is 0.544. The minimum absolute atomic E-state index is 0.153. The SMILES string of the molecule is O=S1(=O)CCC(NCC(O)c2ccccc2Cl)CC1. The summed E-state index contributed by atoms with van der Waals surface area (Å²) in [6, 6.07) is 7.34. The van der Waals surface area contributed by atoms with Gasteiger partial charge in [-0.05, 0) is 18.9 Å². The molecule has 1 aromatic rings. The molecular formula is C13H18ClNO3S. The molecule has 1 saturated heterocycles. The number of rotatable bonds is 4. The number of nitrogens with one attached hydrogen (secondary N) is 1. The number of benzene rings is 1. The van der Waals surface area contributed by atoms with E-state index in [1.54, 1.807) is 12.1 Å². The van der Waals surface area contributed by atoms with Crippen LogP contribution in [0.15, 0.2) is 24.3 Å². The van der Waals surface area contributed by atoms with E-state index in [-0.39, 0.29) is 17.5 Å². The highest BCUT2D eigenvalue weighted by Crippen LogP contribution is 2.22. The van der Waals surface area contributed by atoms with Crippen LogP contribution >= 0.6 is 11.6 Å². The van der Waals surface area contributed by atoms with Gasteiger partial charge < -0.3 is 10.4 Å². The summed E-state index contributed by atoms with van der Waals surface area (Å²) in [6.45, 7) is 0.383. The Morgan fingerprint density at radius 1 is 1.32 bits per heavy atom. The summed E-state index contributed by atoms with van der Waals surface area (Å²) in [5.74, 6) is 0.458. The fraction of sp³-hybridized carbons (Fsp3) is 0.538. The molecule has 1 atom stereocenters. The van der Waals surface area contributed by atoms with Crippen LogP contribution in [0, 0.1) is 0 Å². The van der Waals surface area contributed by atoms with Crippen LogP contribution < -0.4 is 5.32 Å². The van der Waals surface area contributed by atoms with Crippen molar-refractivity contribution in [2.75, 3.05) is 18.1 Å². The molecule has 1 aliphatic heterocycles. The van der Waals surface area contributed by atoms with Crippen molar-refractivity contribution in [2.24, 2.45) is 0 Å². The van der Waals surface area contributed by atoms with Gasteiger partial charge in [-0.3, -0.25) is 0 Å². The molecule has 0 aliphatic carbocycles. The fourth-order valence-corrected chi connectivity index (χ4v) is 3.98. The van der Waals surface area contributed by atoms with Gasteiger partial charge in [-0.15, -0.1) is 0 Å². The summed E-state index contributed by atoms with van der Waals surface area (Å²) < 4.78 is 22.6. The van der Waals surface area contributed by atoms with Crippen LogP contribution in [-0.4, -0.2) is 37.6 Å². The zero-order chi connectivity index (χ0) is 13.9. The Morgan fingerprint density at radius 3 is 2.58 bits per heavy atom. The number of aliphatic hydroxyl groups is 1. The Kier molecular flexibility index (Phi) is 4.84. The van der Waals surface area contributed by atoms with Crippen molar-refractivity contribution in [3.63, 3.8) is 0 Å². The molecule has 0 aromatic heterocycles. The Morgan fingerprint density at radius 2 is 1.95 bits per heavy atom. The first-order valence-corrected chi connectivity index (χ1v) is 8.54. The number of sulfone groups is 1. The molecule has 4 nitrogen and oxygen atoms in total. The first-order valence-electron chi connectivity index (χ1n) is 6.34. The maximum absolute atomic E-state index is 11.3. The van der Waals surface area contributed by atoms with Crippen molar-refractivity contribution in [2.45, 2.75) is 25.0 Å². The third-order valence-corrected chi connectivity index (χ3v) is 5.48. The molecule has 0 bridgehead atoms. The number of halogens is 1. The third-order valence-electron chi connectivity index (χ3n) is 3.42. The predicted molar refractivity (Wildman–Crippen MR) is 76.1 cm³/mol. The van der Waals surface area contributed by atoms with E-state index >= 15 is 0 Å². The minimum atomic E-state index is -2.84. The lowest BCUT2D eigenvalue weighted by Crippen LogP contribution is -2.39. The zero-order valence-corrected chi connectivity index (χ0v) is 12.1. The standard InChI is InChI=1S/C13H18ClNO3S/c14-12-4-2-1-3-11(12)13(16)9-15-10-5-7-19(17,18)8-6-10/h1-4,10,13,15-16H,5-9H2. The Labute approximate surface area is 118 Å². The maximum Gasteiger partial charge on any atom is 0.150 e. The van der Waals surface area contributed by atoms with Gasteiger partial charge in [0, 0.05) is 23.2 Å². The van der Waals surface area contributed by atoms with Gasteiger partial charge in [0.2, 0.25) is 0 Å². The number of hydrogen-bond acceptors (Lipinski definition) is 4. The molecule has 0 spiro atoms. The Bertz CT molecular complexity index is 518. The molecule has 0 radical (unpaired) electrons. The molecule has 1 aromatic carbocycles. The summed E-state index contributed by atoms with van der Waals surface area (Å²) in [4.78, 5) is 0. The van der Waals surface area contributed by atoms with E-state index in [1.807, 2.05) is 12.1 Å². The van der Waals surface area contributed by atoms with Crippen LogP contribution in [0.5, 0.6) is 0 Å². The van der Waals surface area contributed by atoms with Gasteiger partial charge in [-0.25, -0.2) is 8.42 Å². The zero-order valence-electron chi connectivity index (χ0n) is 10.5. The monoisotopic (exact) mass is 303 g/mol. The Balaban J connectivity index is 1.85. The Hall–Kier alpha value is -0.620. The second-order valence-corrected chi connectivity index (χ2v) is 7.58. The molecule has 1 unspecified atom stereocenters. The maximum atomic E-state index is 11.3. The second kappa shape index (κ2) is 6.22. The van der Waals surface area contributed by atoms with E-state index < -0.39 is 15.9 Å². The molecule has 2 N–H and O–H groups in total. The molecule has 2 rings (SSSR count). The van der Waals surface area contributed by atoms with Crippen LogP contribution in [0.1, 0.15) is 24.5 Å². The van der Waals surface area contributed by atoms with Gasteiger partial charge >= 0.3 is 0 Å². The number of hydrogen-bond donors (Lipinski definition) is 2. The van der Waals surface area contributed by atoms with E-state index in [0.29, 0.717) is 30.0 Å². The average Bonchev–Trinajstić information content (AvgIpc) is 2.38. The average molecular weight is 304 g/mol. The van der Waals surface area contributed by atoms with Crippen molar-refractivity contribution < 1.29 is 13.5 Å². The molecule has 1 aliphatic rings. The van der Waals surface area contributed by atoms with E-state index in [4.69, 9.17) is 11.6 Å². The topological polar surface area (TPSA) is 66.4 Å². The van der Waals surface area contributed by atoms with Crippen molar-refractivity contribution in [3.05, 3.63) is 34.9 Å². The largest absolute Gasteiger partial charge is 0.387 e. The van der Waals surface area contributed by atoms with Crippen molar-refractivity contribution in [1.82, 2.24) is 5.32 Å². The van der Waals surface area contributed by atoms with Gasteiger partial charge in [0.25, 0.3) is 0 Å². The van der Waals surface area contributed by atoms with Gasteiger partial charge in [-0.2, -0.15) is 0 Å². The van der Waals surface area contributed by atoms with Crippen molar-refractivity contribution in [1.29, 1.82) is 0 Å². The summed E-state index contributed by atoms with van der Waals surface area (Å²) in [7, 11) is -2.84. The van der Waals surface area contributed by atoms with Gasteiger partial charge in [0.15, 0.2) is 0 Å². The van der Waals surface area contributed by atoms with Crippen molar-refractivity contribution in [3.8, 4) is 0 Å². The van der Waals surface area contributed by atoms with Gasteiger partial charge in [-0.1, -0.05) is 29.8 Å². The lowest BCUT2D eigenvalue weighted by molar-refractivity contribution is 0.169. The van der Waals surface area contributed by atoms with Gasteiger partial charge in [0.1, 0.15) is 9.84 Å². The highest BCUT2D eigenvalue weighted by atomic mass is 35.5. The van der Waals surface area contributed by atoms with Crippen LogP contribution in [-0.2, 0) is 9.84 Å². The highest BCUT2D eigenvalue weighted by molar-refractivity contribution is 7.91.